The molecule has 0 radical (unpaired) electrons. The highest BCUT2D eigenvalue weighted by Crippen LogP contribution is 2.15. The number of urea groups is 1. The third kappa shape index (κ3) is 9.94. The van der Waals surface area contributed by atoms with Crippen LogP contribution in [-0.4, -0.2) is 55.0 Å². The van der Waals surface area contributed by atoms with Crippen LogP contribution in [0.2, 0.25) is 0 Å². The van der Waals surface area contributed by atoms with Gasteiger partial charge in [0.15, 0.2) is 0 Å². The van der Waals surface area contributed by atoms with E-state index in [1.807, 2.05) is 19.1 Å². The van der Waals surface area contributed by atoms with E-state index in [1.165, 1.54) is 5.56 Å². The minimum atomic E-state index is -0.275. The molecule has 1 atom stereocenters. The summed E-state index contributed by atoms with van der Waals surface area (Å²) in [6.07, 6.45) is 2.72. The predicted octanol–water partition coefficient (Wildman–Crippen LogP) is 3.26. The molecule has 0 bridgehead atoms. The zero-order valence-electron chi connectivity index (χ0n) is 21.3. The Hall–Kier alpha value is -3.90. The molecule has 1 heterocycles. The maximum atomic E-state index is 12.5. The molecular weight excluding hydrogens is 468 g/mol. The van der Waals surface area contributed by atoms with E-state index in [0.29, 0.717) is 30.6 Å². The van der Waals surface area contributed by atoms with Crippen molar-refractivity contribution in [3.8, 4) is 6.07 Å². The fraction of sp³-hybridized carbons (Fsp3) is 0.429. The number of piperidine rings is 1. The van der Waals surface area contributed by atoms with Gasteiger partial charge in [-0.05, 0) is 48.9 Å². The van der Waals surface area contributed by atoms with Crippen LogP contribution in [0.1, 0.15) is 48.5 Å². The smallest absolute Gasteiger partial charge is 0.319 e. The van der Waals surface area contributed by atoms with Gasteiger partial charge in [-0.15, -0.1) is 0 Å². The highest BCUT2D eigenvalue weighted by molar-refractivity contribution is 5.96. The van der Waals surface area contributed by atoms with Gasteiger partial charge in [-0.3, -0.25) is 14.5 Å². The van der Waals surface area contributed by atoms with Gasteiger partial charge < -0.3 is 21.3 Å². The Morgan fingerprint density at radius 3 is 2.54 bits per heavy atom. The Labute approximate surface area is 218 Å². The topological polar surface area (TPSA) is 126 Å². The molecule has 2 aromatic rings. The standard InChI is InChI=1S/C28H36N6O3/c1-21(18-26(35)30-15-13-29)10-14-31-27(36)23-8-5-9-25(19-23)33-28(37)32-24-11-16-34(17-12-24)20-22-6-3-2-4-7-22/h2-9,19,21,24H,10-12,14-18,20H2,1H3,(H,30,35)(H,31,36)(H2,32,33,37). The Balaban J connectivity index is 1.37. The molecule has 0 aromatic heterocycles. The normalized spacial score (nSPS) is 14.7. The van der Waals surface area contributed by atoms with Crippen molar-refractivity contribution < 1.29 is 14.4 Å². The van der Waals surface area contributed by atoms with Crippen LogP contribution in [0, 0.1) is 17.2 Å². The summed E-state index contributed by atoms with van der Waals surface area (Å²) in [4.78, 5) is 39.2. The van der Waals surface area contributed by atoms with Gasteiger partial charge in [-0.1, -0.05) is 43.3 Å². The van der Waals surface area contributed by atoms with Gasteiger partial charge in [0.1, 0.15) is 6.54 Å². The molecule has 2 aromatic carbocycles. The molecule has 0 aliphatic carbocycles. The lowest BCUT2D eigenvalue weighted by atomic mass is 10.0. The zero-order chi connectivity index (χ0) is 26.5. The van der Waals surface area contributed by atoms with Crippen molar-refractivity contribution in [2.75, 3.05) is 31.5 Å². The number of hydrogen-bond acceptors (Lipinski definition) is 5. The van der Waals surface area contributed by atoms with Gasteiger partial charge in [0, 0.05) is 49.9 Å². The molecule has 1 aliphatic heterocycles. The molecule has 0 spiro atoms. The van der Waals surface area contributed by atoms with E-state index >= 15 is 0 Å². The molecule has 3 rings (SSSR count). The lowest BCUT2D eigenvalue weighted by Gasteiger charge is -2.32. The number of amides is 4. The lowest BCUT2D eigenvalue weighted by molar-refractivity contribution is -0.121. The van der Waals surface area contributed by atoms with Gasteiger partial charge in [-0.2, -0.15) is 5.26 Å². The average Bonchev–Trinajstić information content (AvgIpc) is 2.89. The second-order valence-electron chi connectivity index (χ2n) is 9.50. The van der Waals surface area contributed by atoms with E-state index in [-0.39, 0.29) is 36.3 Å². The Kier molecular flexibility index (Phi) is 10.9. The molecule has 1 aliphatic rings. The molecule has 9 heteroatoms. The first-order valence-electron chi connectivity index (χ1n) is 12.8. The first-order chi connectivity index (χ1) is 17.9. The average molecular weight is 505 g/mol. The Morgan fingerprint density at radius 2 is 1.81 bits per heavy atom. The van der Waals surface area contributed by atoms with Gasteiger partial charge in [0.25, 0.3) is 5.91 Å². The molecule has 1 fully saturated rings. The number of nitrogens with one attached hydrogen (secondary N) is 4. The van der Waals surface area contributed by atoms with Crippen LogP contribution < -0.4 is 21.3 Å². The van der Waals surface area contributed by atoms with Gasteiger partial charge in [0.05, 0.1) is 6.07 Å². The predicted molar refractivity (Wildman–Crippen MR) is 143 cm³/mol. The third-order valence-electron chi connectivity index (χ3n) is 6.38. The van der Waals surface area contributed by atoms with Gasteiger partial charge in [0.2, 0.25) is 5.91 Å². The number of nitrogens with zero attached hydrogens (tertiary/aromatic N) is 2. The van der Waals surface area contributed by atoms with Crippen molar-refractivity contribution in [3.05, 3.63) is 65.7 Å². The van der Waals surface area contributed by atoms with Crippen LogP contribution in [0.4, 0.5) is 10.5 Å². The summed E-state index contributed by atoms with van der Waals surface area (Å²) in [5, 5.41) is 19.8. The number of carbonyl (C=O) groups excluding carboxylic acids is 3. The first-order valence-corrected chi connectivity index (χ1v) is 12.8. The molecule has 0 saturated carbocycles. The molecule has 9 nitrogen and oxygen atoms in total. The maximum absolute atomic E-state index is 12.5. The van der Waals surface area contributed by atoms with E-state index in [9.17, 15) is 14.4 Å². The minimum Gasteiger partial charge on any atom is -0.352 e. The van der Waals surface area contributed by atoms with Crippen LogP contribution >= 0.6 is 0 Å². The largest absolute Gasteiger partial charge is 0.352 e. The SMILES string of the molecule is CC(CCNC(=O)c1cccc(NC(=O)NC2CCN(Cc3ccccc3)CC2)c1)CC(=O)NCC#N. The van der Waals surface area contributed by atoms with Crippen molar-refractivity contribution >= 4 is 23.5 Å². The summed E-state index contributed by atoms with van der Waals surface area (Å²) in [5.74, 6) is -0.341. The van der Waals surface area contributed by atoms with Crippen molar-refractivity contribution in [3.63, 3.8) is 0 Å². The quantitative estimate of drug-likeness (QED) is 0.350. The maximum Gasteiger partial charge on any atom is 0.319 e. The van der Waals surface area contributed by atoms with E-state index in [4.69, 9.17) is 5.26 Å². The lowest BCUT2D eigenvalue weighted by Crippen LogP contribution is -2.45. The number of benzene rings is 2. The Morgan fingerprint density at radius 1 is 1.05 bits per heavy atom. The van der Waals surface area contributed by atoms with Crippen molar-refractivity contribution in [2.24, 2.45) is 5.92 Å². The number of hydrogen-bond donors (Lipinski definition) is 4. The summed E-state index contributed by atoms with van der Waals surface area (Å²) >= 11 is 0. The summed E-state index contributed by atoms with van der Waals surface area (Å²) in [7, 11) is 0. The Bertz CT molecular complexity index is 1080. The molecule has 1 saturated heterocycles. The van der Waals surface area contributed by atoms with Gasteiger partial charge in [-0.25, -0.2) is 4.79 Å². The van der Waals surface area contributed by atoms with E-state index in [2.05, 4.69) is 50.4 Å². The molecule has 1 unspecified atom stereocenters. The highest BCUT2D eigenvalue weighted by atomic mass is 16.2. The fourth-order valence-corrected chi connectivity index (χ4v) is 4.33. The second kappa shape index (κ2) is 14.6. The second-order valence-corrected chi connectivity index (χ2v) is 9.50. The van der Waals surface area contributed by atoms with E-state index in [0.717, 1.165) is 32.5 Å². The number of nitriles is 1. The van der Waals surface area contributed by atoms with Crippen LogP contribution in [0.25, 0.3) is 0 Å². The molecule has 4 amide bonds. The van der Waals surface area contributed by atoms with Crippen LogP contribution in [0.15, 0.2) is 54.6 Å². The number of anilines is 1. The summed E-state index contributed by atoms with van der Waals surface area (Å²) < 4.78 is 0. The third-order valence-corrected chi connectivity index (χ3v) is 6.38. The zero-order valence-corrected chi connectivity index (χ0v) is 21.3. The van der Waals surface area contributed by atoms with Crippen molar-refractivity contribution in [2.45, 2.75) is 45.2 Å². The summed E-state index contributed by atoms with van der Waals surface area (Å²) in [6.45, 7) is 5.13. The highest BCUT2D eigenvalue weighted by Gasteiger charge is 2.21. The minimum absolute atomic E-state index is 0.00129. The van der Waals surface area contributed by atoms with Crippen LogP contribution in [0.5, 0.6) is 0 Å². The molecule has 4 N–H and O–H groups in total. The summed E-state index contributed by atoms with van der Waals surface area (Å²) in [6, 6.07) is 18.9. The number of likely N-dealkylation sites (tertiary alicyclic amines) is 1. The van der Waals surface area contributed by atoms with Crippen molar-refractivity contribution in [1.82, 2.24) is 20.9 Å². The fourth-order valence-electron chi connectivity index (χ4n) is 4.33. The van der Waals surface area contributed by atoms with E-state index < -0.39 is 0 Å². The van der Waals surface area contributed by atoms with E-state index in [1.54, 1.807) is 24.3 Å². The van der Waals surface area contributed by atoms with Crippen LogP contribution in [-0.2, 0) is 11.3 Å². The van der Waals surface area contributed by atoms with Crippen LogP contribution in [0.3, 0.4) is 0 Å². The van der Waals surface area contributed by atoms with Crippen molar-refractivity contribution in [1.29, 1.82) is 5.26 Å². The molecule has 37 heavy (non-hydrogen) atoms. The van der Waals surface area contributed by atoms with Gasteiger partial charge >= 0.3 is 6.03 Å². The first kappa shape index (κ1) is 27.7. The summed E-state index contributed by atoms with van der Waals surface area (Å²) in [5.41, 5.74) is 2.30. The molecular formula is C28H36N6O3. The number of carbonyl (C=O) groups is 3. The number of rotatable bonds is 11. The monoisotopic (exact) mass is 504 g/mol. The molecule has 196 valence electrons.